The lowest BCUT2D eigenvalue weighted by Gasteiger charge is -2.30. The van der Waals surface area contributed by atoms with E-state index in [0.717, 1.165) is 49.9 Å². The third-order valence-corrected chi connectivity index (χ3v) is 5.83. The molecule has 156 valence electrons. The van der Waals surface area contributed by atoms with Gasteiger partial charge in [-0.05, 0) is 45.7 Å². The summed E-state index contributed by atoms with van der Waals surface area (Å²) in [4.78, 5) is 14.5. The van der Waals surface area contributed by atoms with E-state index in [9.17, 15) is 4.79 Å². The monoisotopic (exact) mass is 407 g/mol. The molecule has 1 aliphatic carbocycles. The van der Waals surface area contributed by atoms with E-state index in [1.807, 2.05) is 37.3 Å². The van der Waals surface area contributed by atoms with Crippen LogP contribution in [0.25, 0.3) is 22.7 Å². The molecule has 5 rings (SSSR count). The van der Waals surface area contributed by atoms with E-state index >= 15 is 0 Å². The van der Waals surface area contributed by atoms with Crippen molar-refractivity contribution in [3.63, 3.8) is 0 Å². The standard InChI is InChI=1S/C22H25N5O3/c1-14-19(20(26-30-14)15-5-3-2-4-6-15)22-25-24-18(29-22)13-27-11-9-16(10-12-27)21(28)23-17-7-8-17/h2-6,16-17H,7-13H2,1H3,(H,23,28). The number of hydrogen-bond donors (Lipinski definition) is 1. The smallest absolute Gasteiger partial charge is 0.253 e. The number of carbonyl (C=O) groups excluding carboxylic acids is 1. The molecular weight excluding hydrogens is 382 g/mol. The first-order chi connectivity index (χ1) is 14.7. The summed E-state index contributed by atoms with van der Waals surface area (Å²) in [5.41, 5.74) is 2.37. The predicted molar refractivity (Wildman–Crippen MR) is 109 cm³/mol. The van der Waals surface area contributed by atoms with Gasteiger partial charge in [-0.3, -0.25) is 9.69 Å². The molecule has 8 nitrogen and oxygen atoms in total. The third-order valence-electron chi connectivity index (χ3n) is 5.83. The van der Waals surface area contributed by atoms with Gasteiger partial charge in [-0.2, -0.15) is 0 Å². The highest BCUT2D eigenvalue weighted by atomic mass is 16.5. The van der Waals surface area contributed by atoms with E-state index in [2.05, 4.69) is 25.6 Å². The lowest BCUT2D eigenvalue weighted by atomic mass is 9.96. The van der Waals surface area contributed by atoms with Gasteiger partial charge in [0.15, 0.2) is 0 Å². The summed E-state index contributed by atoms with van der Waals surface area (Å²) in [6.45, 7) is 4.12. The lowest BCUT2D eigenvalue weighted by molar-refractivity contribution is -0.126. The fraction of sp³-hybridized carbons (Fsp3) is 0.455. The van der Waals surface area contributed by atoms with Gasteiger partial charge in [0.2, 0.25) is 11.8 Å². The number of rotatable bonds is 6. The highest BCUT2D eigenvalue weighted by Crippen LogP contribution is 2.33. The van der Waals surface area contributed by atoms with Crippen LogP contribution in [0.5, 0.6) is 0 Å². The van der Waals surface area contributed by atoms with Crippen LogP contribution in [0.1, 0.15) is 37.3 Å². The molecule has 0 radical (unpaired) electrons. The van der Waals surface area contributed by atoms with Gasteiger partial charge in [0, 0.05) is 17.5 Å². The largest absolute Gasteiger partial charge is 0.419 e. The first-order valence-electron chi connectivity index (χ1n) is 10.5. The van der Waals surface area contributed by atoms with E-state index in [-0.39, 0.29) is 11.8 Å². The Hall–Kier alpha value is -3.00. The Kier molecular flexibility index (Phi) is 5.08. The van der Waals surface area contributed by atoms with Gasteiger partial charge >= 0.3 is 0 Å². The molecule has 0 atom stereocenters. The van der Waals surface area contributed by atoms with Crippen LogP contribution >= 0.6 is 0 Å². The number of benzene rings is 1. The molecular formula is C22H25N5O3. The number of carbonyl (C=O) groups is 1. The van der Waals surface area contributed by atoms with E-state index in [1.165, 1.54) is 0 Å². The number of nitrogens with one attached hydrogen (secondary N) is 1. The molecule has 1 aromatic carbocycles. The van der Waals surface area contributed by atoms with Crippen molar-refractivity contribution in [3.8, 4) is 22.7 Å². The second-order valence-electron chi connectivity index (χ2n) is 8.16. The lowest BCUT2D eigenvalue weighted by Crippen LogP contribution is -2.40. The van der Waals surface area contributed by atoms with Crippen LogP contribution in [0.15, 0.2) is 39.3 Å². The maximum absolute atomic E-state index is 12.2. The summed E-state index contributed by atoms with van der Waals surface area (Å²) in [5, 5.41) is 15.8. The minimum Gasteiger partial charge on any atom is -0.419 e. The Labute approximate surface area is 174 Å². The Bertz CT molecular complexity index is 1020. The minimum atomic E-state index is 0.119. The highest BCUT2D eigenvalue weighted by molar-refractivity contribution is 5.79. The van der Waals surface area contributed by atoms with Gasteiger partial charge in [0.25, 0.3) is 5.89 Å². The van der Waals surface area contributed by atoms with E-state index in [1.54, 1.807) is 0 Å². The van der Waals surface area contributed by atoms with Crippen LogP contribution in [-0.4, -0.2) is 45.3 Å². The first kappa shape index (κ1) is 19.0. The van der Waals surface area contributed by atoms with Crippen molar-refractivity contribution in [2.45, 2.75) is 45.2 Å². The molecule has 30 heavy (non-hydrogen) atoms. The Balaban J connectivity index is 1.24. The van der Waals surface area contributed by atoms with Crippen LogP contribution in [0.2, 0.25) is 0 Å². The molecule has 0 unspecified atom stereocenters. The molecule has 0 bridgehead atoms. The summed E-state index contributed by atoms with van der Waals surface area (Å²) in [5.74, 6) is 1.96. The summed E-state index contributed by atoms with van der Waals surface area (Å²) in [7, 11) is 0. The van der Waals surface area contributed by atoms with Crippen LogP contribution in [-0.2, 0) is 11.3 Å². The molecule has 2 fully saturated rings. The van der Waals surface area contributed by atoms with E-state index < -0.39 is 0 Å². The number of aromatic nitrogens is 3. The zero-order chi connectivity index (χ0) is 20.5. The summed E-state index contributed by atoms with van der Waals surface area (Å²) in [6, 6.07) is 10.2. The summed E-state index contributed by atoms with van der Waals surface area (Å²) < 4.78 is 11.4. The molecule has 2 aromatic heterocycles. The average Bonchev–Trinajstić information content (AvgIpc) is 3.32. The van der Waals surface area contributed by atoms with Crippen molar-refractivity contribution in [3.05, 3.63) is 42.0 Å². The van der Waals surface area contributed by atoms with Crippen molar-refractivity contribution in [1.29, 1.82) is 0 Å². The normalized spacial score (nSPS) is 17.9. The van der Waals surface area contributed by atoms with E-state index in [4.69, 9.17) is 8.94 Å². The zero-order valence-corrected chi connectivity index (χ0v) is 17.0. The SMILES string of the molecule is Cc1onc(-c2ccccc2)c1-c1nnc(CN2CCC(C(=O)NC3CC3)CC2)o1. The average molecular weight is 407 g/mol. The predicted octanol–water partition coefficient (Wildman–Crippen LogP) is 3.19. The zero-order valence-electron chi connectivity index (χ0n) is 17.0. The molecule has 1 saturated heterocycles. The van der Waals surface area contributed by atoms with Crippen molar-refractivity contribution in [1.82, 2.24) is 25.6 Å². The quantitative estimate of drug-likeness (QED) is 0.670. The number of hydrogen-bond acceptors (Lipinski definition) is 7. The van der Waals surface area contributed by atoms with Crippen molar-refractivity contribution >= 4 is 5.91 Å². The fourth-order valence-electron chi connectivity index (χ4n) is 3.93. The van der Waals surface area contributed by atoms with Crippen molar-refractivity contribution in [2.24, 2.45) is 5.92 Å². The van der Waals surface area contributed by atoms with Crippen molar-refractivity contribution in [2.75, 3.05) is 13.1 Å². The molecule has 1 amide bonds. The summed E-state index contributed by atoms with van der Waals surface area (Å²) in [6.07, 6.45) is 3.98. The van der Waals surface area contributed by atoms with Gasteiger partial charge in [-0.1, -0.05) is 35.5 Å². The van der Waals surface area contributed by atoms with Crippen molar-refractivity contribution < 1.29 is 13.7 Å². The first-order valence-corrected chi connectivity index (χ1v) is 10.5. The highest BCUT2D eigenvalue weighted by Gasteiger charge is 2.30. The number of nitrogens with zero attached hydrogens (tertiary/aromatic N) is 4. The Morgan fingerprint density at radius 3 is 2.63 bits per heavy atom. The Morgan fingerprint density at radius 1 is 1.13 bits per heavy atom. The maximum Gasteiger partial charge on any atom is 0.253 e. The van der Waals surface area contributed by atoms with Crippen LogP contribution in [0.3, 0.4) is 0 Å². The number of piperidine rings is 1. The number of amides is 1. The molecule has 0 spiro atoms. The van der Waals surface area contributed by atoms with Crippen LogP contribution < -0.4 is 5.32 Å². The second kappa shape index (κ2) is 8.02. The second-order valence-corrected chi connectivity index (χ2v) is 8.16. The van der Waals surface area contributed by atoms with Gasteiger partial charge in [0.1, 0.15) is 17.0 Å². The summed E-state index contributed by atoms with van der Waals surface area (Å²) >= 11 is 0. The molecule has 1 aliphatic heterocycles. The number of aryl methyl sites for hydroxylation is 1. The number of likely N-dealkylation sites (tertiary alicyclic amines) is 1. The van der Waals surface area contributed by atoms with E-state index in [0.29, 0.717) is 35.8 Å². The van der Waals surface area contributed by atoms with Gasteiger partial charge in [0.05, 0.1) is 6.54 Å². The maximum atomic E-state index is 12.2. The molecule has 3 heterocycles. The molecule has 8 heteroatoms. The van der Waals surface area contributed by atoms with Gasteiger partial charge in [-0.15, -0.1) is 10.2 Å². The van der Waals surface area contributed by atoms with Gasteiger partial charge in [-0.25, -0.2) is 0 Å². The van der Waals surface area contributed by atoms with Gasteiger partial charge < -0.3 is 14.3 Å². The third kappa shape index (κ3) is 4.00. The molecule has 3 aromatic rings. The molecule has 1 saturated carbocycles. The van der Waals surface area contributed by atoms with Crippen LogP contribution in [0, 0.1) is 12.8 Å². The topological polar surface area (TPSA) is 97.3 Å². The fourth-order valence-corrected chi connectivity index (χ4v) is 3.93. The minimum absolute atomic E-state index is 0.119. The molecule has 2 aliphatic rings. The molecule has 1 N–H and O–H groups in total. The van der Waals surface area contributed by atoms with Crippen LogP contribution in [0.4, 0.5) is 0 Å². The Morgan fingerprint density at radius 2 is 1.90 bits per heavy atom.